The van der Waals surface area contributed by atoms with Crippen molar-refractivity contribution in [1.82, 2.24) is 10.6 Å². The third-order valence-electron chi connectivity index (χ3n) is 3.89. The second kappa shape index (κ2) is 17.1. The molecule has 0 aromatic rings. The van der Waals surface area contributed by atoms with Gasteiger partial charge in [0, 0.05) is 19.5 Å². The van der Waals surface area contributed by atoms with Crippen LogP contribution in [0, 0.1) is 0 Å². The van der Waals surface area contributed by atoms with E-state index < -0.39 is 0 Å². The van der Waals surface area contributed by atoms with Crippen LogP contribution in [0.25, 0.3) is 0 Å². The molecular weight excluding hydrogens is 292 g/mol. The van der Waals surface area contributed by atoms with E-state index in [-0.39, 0.29) is 12.0 Å². The molecule has 2 N–H and O–H groups in total. The van der Waals surface area contributed by atoms with E-state index in [1.165, 1.54) is 58.5 Å². The molecular formula is C18H36N2O3. The van der Waals surface area contributed by atoms with Crippen LogP contribution in [0.5, 0.6) is 0 Å². The predicted octanol–water partition coefficient (Wildman–Crippen LogP) is 4.16. The van der Waals surface area contributed by atoms with Gasteiger partial charge in [0.1, 0.15) is 0 Å². The molecule has 0 radical (unpaired) electrons. The zero-order valence-corrected chi connectivity index (χ0v) is 15.1. The zero-order chi connectivity index (χ0) is 17.2. The van der Waals surface area contributed by atoms with E-state index in [9.17, 15) is 9.59 Å². The highest BCUT2D eigenvalue weighted by Gasteiger charge is 2.01. The van der Waals surface area contributed by atoms with Gasteiger partial charge in [0.15, 0.2) is 0 Å². The van der Waals surface area contributed by atoms with Crippen molar-refractivity contribution >= 4 is 12.0 Å². The molecule has 0 aromatic carbocycles. The first kappa shape index (κ1) is 21.7. The number of esters is 1. The van der Waals surface area contributed by atoms with Crippen LogP contribution >= 0.6 is 0 Å². The number of unbranched alkanes of at least 4 members (excludes halogenated alkanes) is 9. The van der Waals surface area contributed by atoms with E-state index in [1.807, 2.05) is 0 Å². The first-order valence-corrected chi connectivity index (χ1v) is 9.29. The number of rotatable bonds is 15. The molecule has 0 aliphatic rings. The van der Waals surface area contributed by atoms with Crippen LogP contribution in [0.4, 0.5) is 4.79 Å². The molecule has 0 aliphatic heterocycles. The topological polar surface area (TPSA) is 67.4 Å². The highest BCUT2D eigenvalue weighted by atomic mass is 16.5. The van der Waals surface area contributed by atoms with Gasteiger partial charge in [0.25, 0.3) is 0 Å². The van der Waals surface area contributed by atoms with Crippen LogP contribution in [0.15, 0.2) is 0 Å². The Labute approximate surface area is 141 Å². The van der Waals surface area contributed by atoms with Crippen molar-refractivity contribution in [2.24, 2.45) is 0 Å². The summed E-state index contributed by atoms with van der Waals surface area (Å²) in [5.41, 5.74) is 0. The van der Waals surface area contributed by atoms with Gasteiger partial charge < -0.3 is 15.4 Å². The van der Waals surface area contributed by atoms with Gasteiger partial charge >= 0.3 is 12.0 Å². The minimum absolute atomic E-state index is 0.109. The molecule has 0 bridgehead atoms. The number of urea groups is 1. The zero-order valence-electron chi connectivity index (χ0n) is 15.1. The number of hydrogen-bond acceptors (Lipinski definition) is 3. The van der Waals surface area contributed by atoms with Crippen LogP contribution in [-0.4, -0.2) is 32.2 Å². The summed E-state index contributed by atoms with van der Waals surface area (Å²) >= 11 is 0. The lowest BCUT2D eigenvalue weighted by Gasteiger charge is -2.07. The molecule has 0 unspecified atom stereocenters. The van der Waals surface area contributed by atoms with Gasteiger partial charge in [-0.05, 0) is 19.3 Å². The molecule has 0 saturated heterocycles. The number of methoxy groups -OCH3 is 1. The second-order valence-corrected chi connectivity index (χ2v) is 6.04. The standard InChI is InChI=1S/C18H36N2O3/c1-3-4-5-6-7-8-9-10-12-15-19-18(22)20-16-13-11-14-17(21)23-2/h3-16H2,1-2H3,(H2,19,20,22). The summed E-state index contributed by atoms with van der Waals surface area (Å²) in [6.45, 7) is 3.58. The lowest BCUT2D eigenvalue weighted by Crippen LogP contribution is -2.36. The van der Waals surface area contributed by atoms with E-state index in [0.717, 1.165) is 25.8 Å². The van der Waals surface area contributed by atoms with Crippen molar-refractivity contribution in [3.63, 3.8) is 0 Å². The third-order valence-corrected chi connectivity index (χ3v) is 3.89. The second-order valence-electron chi connectivity index (χ2n) is 6.04. The van der Waals surface area contributed by atoms with Crippen LogP contribution < -0.4 is 10.6 Å². The molecule has 136 valence electrons. The summed E-state index contributed by atoms with van der Waals surface area (Å²) in [4.78, 5) is 22.4. The number of ether oxygens (including phenoxy) is 1. The van der Waals surface area contributed by atoms with Crippen molar-refractivity contribution in [2.75, 3.05) is 20.2 Å². The Bertz CT molecular complexity index is 296. The molecule has 0 aliphatic carbocycles. The molecule has 0 rings (SSSR count). The van der Waals surface area contributed by atoms with Crippen molar-refractivity contribution < 1.29 is 14.3 Å². The van der Waals surface area contributed by atoms with Crippen molar-refractivity contribution in [3.8, 4) is 0 Å². The Kier molecular flexibility index (Phi) is 16.2. The maximum Gasteiger partial charge on any atom is 0.314 e. The summed E-state index contributed by atoms with van der Waals surface area (Å²) < 4.78 is 4.56. The lowest BCUT2D eigenvalue weighted by atomic mass is 10.1. The summed E-state index contributed by atoms with van der Waals surface area (Å²) in [6, 6.07) is -0.109. The van der Waals surface area contributed by atoms with Gasteiger partial charge in [0.05, 0.1) is 7.11 Å². The molecule has 0 aromatic heterocycles. The lowest BCUT2D eigenvalue weighted by molar-refractivity contribution is -0.140. The monoisotopic (exact) mass is 328 g/mol. The Balaban J connectivity index is 3.20. The third kappa shape index (κ3) is 16.9. The first-order chi connectivity index (χ1) is 11.2. The summed E-state index contributed by atoms with van der Waals surface area (Å²) in [6.07, 6.45) is 13.5. The first-order valence-electron chi connectivity index (χ1n) is 9.29. The maximum absolute atomic E-state index is 11.5. The maximum atomic E-state index is 11.5. The average molecular weight is 328 g/mol. The largest absolute Gasteiger partial charge is 0.469 e. The quantitative estimate of drug-likeness (QED) is 0.350. The van der Waals surface area contributed by atoms with Crippen molar-refractivity contribution in [3.05, 3.63) is 0 Å². The van der Waals surface area contributed by atoms with Crippen LogP contribution in [0.1, 0.15) is 84.0 Å². The summed E-state index contributed by atoms with van der Waals surface area (Å²) in [7, 11) is 1.39. The summed E-state index contributed by atoms with van der Waals surface area (Å²) in [5, 5.41) is 5.67. The van der Waals surface area contributed by atoms with Crippen molar-refractivity contribution in [2.45, 2.75) is 84.0 Å². The SMILES string of the molecule is CCCCCCCCCCCNC(=O)NCCCCC(=O)OC. The van der Waals surface area contributed by atoms with Crippen LogP contribution in [0.3, 0.4) is 0 Å². The fourth-order valence-electron chi connectivity index (χ4n) is 2.40. The van der Waals surface area contributed by atoms with Crippen LogP contribution in [0.2, 0.25) is 0 Å². The number of carbonyl (C=O) groups excluding carboxylic acids is 2. The fraction of sp³-hybridized carbons (Fsp3) is 0.889. The van der Waals surface area contributed by atoms with E-state index >= 15 is 0 Å². The smallest absolute Gasteiger partial charge is 0.314 e. The number of nitrogens with one attached hydrogen (secondary N) is 2. The van der Waals surface area contributed by atoms with Gasteiger partial charge in [-0.2, -0.15) is 0 Å². The van der Waals surface area contributed by atoms with Gasteiger partial charge in [-0.3, -0.25) is 4.79 Å². The molecule has 0 saturated carbocycles. The minimum Gasteiger partial charge on any atom is -0.469 e. The minimum atomic E-state index is -0.195. The summed E-state index contributed by atoms with van der Waals surface area (Å²) in [5.74, 6) is -0.195. The average Bonchev–Trinajstić information content (AvgIpc) is 2.56. The molecule has 0 heterocycles. The number of amides is 2. The molecule has 0 fully saturated rings. The van der Waals surface area contributed by atoms with E-state index in [0.29, 0.717) is 13.0 Å². The molecule has 5 heteroatoms. The highest BCUT2D eigenvalue weighted by Crippen LogP contribution is 2.09. The molecule has 2 amide bonds. The van der Waals surface area contributed by atoms with Gasteiger partial charge in [-0.25, -0.2) is 4.79 Å². The fourth-order valence-corrected chi connectivity index (χ4v) is 2.40. The van der Waals surface area contributed by atoms with Gasteiger partial charge in [-0.15, -0.1) is 0 Å². The van der Waals surface area contributed by atoms with Crippen molar-refractivity contribution in [1.29, 1.82) is 0 Å². The highest BCUT2D eigenvalue weighted by molar-refractivity contribution is 5.73. The van der Waals surface area contributed by atoms with E-state index in [4.69, 9.17) is 0 Å². The number of carbonyl (C=O) groups is 2. The Morgan fingerprint density at radius 3 is 1.74 bits per heavy atom. The van der Waals surface area contributed by atoms with Gasteiger partial charge in [-0.1, -0.05) is 58.3 Å². The molecule has 5 nitrogen and oxygen atoms in total. The van der Waals surface area contributed by atoms with Crippen LogP contribution in [-0.2, 0) is 9.53 Å². The van der Waals surface area contributed by atoms with E-state index in [1.54, 1.807) is 0 Å². The van der Waals surface area contributed by atoms with Gasteiger partial charge in [0.2, 0.25) is 0 Å². The predicted molar refractivity (Wildman–Crippen MR) is 94.5 cm³/mol. The normalized spacial score (nSPS) is 10.3. The molecule has 23 heavy (non-hydrogen) atoms. The van der Waals surface area contributed by atoms with E-state index in [2.05, 4.69) is 22.3 Å². The Morgan fingerprint density at radius 2 is 1.22 bits per heavy atom. The molecule has 0 spiro atoms. The Morgan fingerprint density at radius 1 is 0.739 bits per heavy atom. The number of hydrogen-bond donors (Lipinski definition) is 2. The molecule has 0 atom stereocenters. The Hall–Kier alpha value is -1.26.